The largest absolute Gasteiger partial charge is 0.290 e. The molecule has 0 saturated carbocycles. The molecule has 1 heterocycles. The van der Waals surface area contributed by atoms with Gasteiger partial charge in [0.1, 0.15) is 0 Å². The first-order valence-electron chi connectivity index (χ1n) is 3.80. The summed E-state index contributed by atoms with van der Waals surface area (Å²) in [6.45, 7) is 1.83. The Morgan fingerprint density at radius 1 is 1.25 bits per heavy atom. The number of aryl methyl sites for hydroxylation is 1. The van der Waals surface area contributed by atoms with E-state index in [0.717, 1.165) is 16.5 Å². The molecule has 0 aliphatic rings. The lowest BCUT2D eigenvalue weighted by atomic mass is 10.1. The minimum atomic E-state index is 0.0792. The summed E-state index contributed by atoms with van der Waals surface area (Å²) in [5.41, 5.74) is 1.66. The Hall–Kier alpha value is -1.57. The zero-order chi connectivity index (χ0) is 8.55. The first-order valence-corrected chi connectivity index (χ1v) is 3.80. The van der Waals surface area contributed by atoms with Crippen LogP contribution in [0, 0.1) is 6.92 Å². The molecule has 0 atom stereocenters. The fourth-order valence-electron chi connectivity index (χ4n) is 1.28. The van der Waals surface area contributed by atoms with Crippen molar-refractivity contribution in [3.63, 3.8) is 0 Å². The number of hydrogen-bond acceptors (Lipinski definition) is 1. The zero-order valence-corrected chi connectivity index (χ0v) is 6.74. The van der Waals surface area contributed by atoms with Crippen LogP contribution in [0.2, 0.25) is 0 Å². The Kier molecular flexibility index (Phi) is 1.47. The van der Waals surface area contributed by atoms with Crippen LogP contribution >= 0.6 is 0 Å². The van der Waals surface area contributed by atoms with Crippen LogP contribution in [0.5, 0.6) is 5.75 Å². The second-order valence-corrected chi connectivity index (χ2v) is 2.76. The number of pyridine rings is 1. The fraction of sp³-hybridized carbons (Fsp3) is 0.100. The van der Waals surface area contributed by atoms with Crippen molar-refractivity contribution in [3.05, 3.63) is 36.0 Å². The van der Waals surface area contributed by atoms with Gasteiger partial charge in [0.05, 0.1) is 5.52 Å². The van der Waals surface area contributed by atoms with Crippen LogP contribution in [0.3, 0.4) is 0 Å². The van der Waals surface area contributed by atoms with Crippen LogP contribution in [0.1, 0.15) is 5.56 Å². The standard InChI is InChI=1S/C10H8NO/c1-7-8-3-2-6-11-9(8)4-5-10(7)12/h2-6H,1H3. The summed E-state index contributed by atoms with van der Waals surface area (Å²) in [5.74, 6) is 0.0792. The Balaban J connectivity index is 2.91. The van der Waals surface area contributed by atoms with Gasteiger partial charge in [-0.05, 0) is 25.1 Å². The van der Waals surface area contributed by atoms with E-state index in [9.17, 15) is 5.11 Å². The Morgan fingerprint density at radius 2 is 2.08 bits per heavy atom. The molecule has 1 aromatic carbocycles. The van der Waals surface area contributed by atoms with E-state index in [1.165, 1.54) is 0 Å². The number of fused-ring (bicyclic) bond motifs is 1. The molecule has 0 aliphatic heterocycles. The van der Waals surface area contributed by atoms with Crippen LogP contribution in [0.15, 0.2) is 30.5 Å². The number of aromatic nitrogens is 1. The third-order valence-electron chi connectivity index (χ3n) is 2.00. The highest BCUT2D eigenvalue weighted by molar-refractivity contribution is 5.83. The molecule has 2 aromatic rings. The second-order valence-electron chi connectivity index (χ2n) is 2.76. The SMILES string of the molecule is Cc1c([O])ccc2ncccc12. The topological polar surface area (TPSA) is 32.8 Å². The molecule has 0 fully saturated rings. The van der Waals surface area contributed by atoms with Gasteiger partial charge in [0.25, 0.3) is 0 Å². The van der Waals surface area contributed by atoms with Gasteiger partial charge in [-0.2, -0.15) is 0 Å². The van der Waals surface area contributed by atoms with Gasteiger partial charge >= 0.3 is 0 Å². The minimum absolute atomic E-state index is 0.0792. The van der Waals surface area contributed by atoms with Gasteiger partial charge in [0, 0.05) is 17.1 Å². The van der Waals surface area contributed by atoms with Gasteiger partial charge in [0.2, 0.25) is 0 Å². The normalized spacial score (nSPS) is 10.4. The maximum absolute atomic E-state index is 11.2. The molecule has 2 rings (SSSR count). The zero-order valence-electron chi connectivity index (χ0n) is 6.74. The molecule has 2 nitrogen and oxygen atoms in total. The predicted molar refractivity (Wildman–Crippen MR) is 46.6 cm³/mol. The van der Waals surface area contributed by atoms with E-state index >= 15 is 0 Å². The van der Waals surface area contributed by atoms with Crippen molar-refractivity contribution in [2.24, 2.45) is 0 Å². The molecule has 59 valence electrons. The number of nitrogens with zero attached hydrogens (tertiary/aromatic N) is 1. The van der Waals surface area contributed by atoms with Crippen LogP contribution in [-0.2, 0) is 5.11 Å². The van der Waals surface area contributed by atoms with Gasteiger partial charge in [-0.15, -0.1) is 0 Å². The molecule has 2 heteroatoms. The summed E-state index contributed by atoms with van der Waals surface area (Å²) in [7, 11) is 0. The quantitative estimate of drug-likeness (QED) is 0.580. The smallest absolute Gasteiger partial charge is 0.182 e. The van der Waals surface area contributed by atoms with E-state index in [1.807, 2.05) is 19.1 Å². The van der Waals surface area contributed by atoms with Crippen molar-refractivity contribution in [2.75, 3.05) is 0 Å². The molecule has 0 amide bonds. The Morgan fingerprint density at radius 3 is 2.92 bits per heavy atom. The van der Waals surface area contributed by atoms with Gasteiger partial charge in [-0.25, -0.2) is 0 Å². The number of benzene rings is 1. The van der Waals surface area contributed by atoms with Crippen LogP contribution in [0.25, 0.3) is 10.9 Å². The lowest BCUT2D eigenvalue weighted by molar-refractivity contribution is 0.352. The number of rotatable bonds is 0. The first-order chi connectivity index (χ1) is 5.79. The monoisotopic (exact) mass is 158 g/mol. The van der Waals surface area contributed by atoms with Gasteiger partial charge in [-0.3, -0.25) is 10.1 Å². The molecule has 1 aromatic heterocycles. The van der Waals surface area contributed by atoms with Crippen molar-refractivity contribution in [1.29, 1.82) is 0 Å². The van der Waals surface area contributed by atoms with Crippen molar-refractivity contribution in [2.45, 2.75) is 6.92 Å². The van der Waals surface area contributed by atoms with E-state index < -0.39 is 0 Å². The second kappa shape index (κ2) is 2.48. The number of hydrogen-bond donors (Lipinski definition) is 0. The molecule has 0 bridgehead atoms. The molecule has 0 aliphatic carbocycles. The van der Waals surface area contributed by atoms with Gasteiger partial charge in [0.15, 0.2) is 5.75 Å². The van der Waals surface area contributed by atoms with Crippen LogP contribution in [0.4, 0.5) is 0 Å². The molecule has 0 N–H and O–H groups in total. The summed E-state index contributed by atoms with van der Waals surface area (Å²) < 4.78 is 0. The Labute approximate surface area is 70.5 Å². The average molecular weight is 158 g/mol. The van der Waals surface area contributed by atoms with Gasteiger partial charge < -0.3 is 0 Å². The van der Waals surface area contributed by atoms with E-state index in [2.05, 4.69) is 4.98 Å². The van der Waals surface area contributed by atoms with Crippen molar-refractivity contribution in [3.8, 4) is 5.75 Å². The molecule has 0 spiro atoms. The minimum Gasteiger partial charge on any atom is -0.290 e. The van der Waals surface area contributed by atoms with Gasteiger partial charge in [-0.1, -0.05) is 6.07 Å². The molecule has 0 saturated heterocycles. The molecular weight excluding hydrogens is 150 g/mol. The summed E-state index contributed by atoms with van der Waals surface area (Å²) in [6, 6.07) is 7.07. The maximum atomic E-state index is 11.2. The van der Waals surface area contributed by atoms with Crippen molar-refractivity contribution >= 4 is 10.9 Å². The highest BCUT2D eigenvalue weighted by Gasteiger charge is 2.02. The lowest BCUT2D eigenvalue weighted by Gasteiger charge is -2.00. The molecular formula is C10H8NO. The average Bonchev–Trinajstić information content (AvgIpc) is 2.12. The summed E-state index contributed by atoms with van der Waals surface area (Å²) >= 11 is 0. The summed E-state index contributed by atoms with van der Waals surface area (Å²) in [5, 5.41) is 12.2. The highest BCUT2D eigenvalue weighted by Crippen LogP contribution is 2.24. The Bertz CT molecular complexity index is 423. The summed E-state index contributed by atoms with van der Waals surface area (Å²) in [6.07, 6.45) is 1.73. The van der Waals surface area contributed by atoms with E-state index in [1.54, 1.807) is 18.3 Å². The van der Waals surface area contributed by atoms with E-state index in [4.69, 9.17) is 0 Å². The molecule has 12 heavy (non-hydrogen) atoms. The maximum Gasteiger partial charge on any atom is 0.182 e. The first kappa shape index (κ1) is 7.10. The third kappa shape index (κ3) is 0.925. The van der Waals surface area contributed by atoms with Crippen molar-refractivity contribution < 1.29 is 5.11 Å². The third-order valence-corrected chi connectivity index (χ3v) is 2.00. The van der Waals surface area contributed by atoms with Crippen molar-refractivity contribution in [1.82, 2.24) is 4.98 Å². The van der Waals surface area contributed by atoms with Crippen LogP contribution in [-0.4, -0.2) is 4.98 Å². The fourth-order valence-corrected chi connectivity index (χ4v) is 1.28. The van der Waals surface area contributed by atoms with E-state index in [-0.39, 0.29) is 5.75 Å². The lowest BCUT2D eigenvalue weighted by Crippen LogP contribution is -1.80. The summed E-state index contributed by atoms with van der Waals surface area (Å²) in [4.78, 5) is 4.14. The molecule has 1 radical (unpaired) electrons. The predicted octanol–water partition coefficient (Wildman–Crippen LogP) is 2.69. The van der Waals surface area contributed by atoms with Crippen LogP contribution < -0.4 is 0 Å². The van der Waals surface area contributed by atoms with E-state index in [0.29, 0.717) is 0 Å². The molecule has 0 unspecified atom stereocenters. The highest BCUT2D eigenvalue weighted by atomic mass is 16.3.